The largest absolute Gasteiger partial charge is 0.478 e. The third-order valence-electron chi connectivity index (χ3n) is 2.44. The van der Waals surface area contributed by atoms with E-state index in [1.54, 1.807) is 12.1 Å². The SMILES string of the molecule is O=C(O)c1cccc(Br)c1NC(=O)C1CC1. The van der Waals surface area contributed by atoms with Gasteiger partial charge in [-0.05, 0) is 40.9 Å². The van der Waals surface area contributed by atoms with Crippen molar-refractivity contribution in [1.82, 2.24) is 0 Å². The highest BCUT2D eigenvalue weighted by molar-refractivity contribution is 9.10. The molecule has 16 heavy (non-hydrogen) atoms. The van der Waals surface area contributed by atoms with Crippen LogP contribution in [-0.2, 0) is 4.79 Å². The minimum atomic E-state index is -1.05. The first-order valence-electron chi connectivity index (χ1n) is 4.92. The molecular formula is C11H10BrNO3. The Morgan fingerprint density at radius 2 is 2.06 bits per heavy atom. The predicted molar refractivity (Wildman–Crippen MR) is 62.5 cm³/mol. The van der Waals surface area contributed by atoms with Crippen molar-refractivity contribution in [2.24, 2.45) is 5.92 Å². The number of halogens is 1. The van der Waals surface area contributed by atoms with Crippen molar-refractivity contribution in [1.29, 1.82) is 0 Å². The molecule has 0 saturated heterocycles. The third kappa shape index (κ3) is 2.24. The van der Waals surface area contributed by atoms with Gasteiger partial charge in [0.25, 0.3) is 0 Å². The summed E-state index contributed by atoms with van der Waals surface area (Å²) in [6.45, 7) is 0. The Balaban J connectivity index is 2.29. The quantitative estimate of drug-likeness (QED) is 0.896. The highest BCUT2D eigenvalue weighted by Crippen LogP contribution is 2.33. The predicted octanol–water partition coefficient (Wildman–Crippen LogP) is 2.50. The van der Waals surface area contributed by atoms with E-state index in [0.717, 1.165) is 12.8 Å². The first kappa shape index (κ1) is 11.1. The minimum Gasteiger partial charge on any atom is -0.478 e. The molecule has 1 aromatic rings. The van der Waals surface area contributed by atoms with Gasteiger partial charge in [0, 0.05) is 10.4 Å². The number of carbonyl (C=O) groups is 2. The zero-order chi connectivity index (χ0) is 11.7. The van der Waals surface area contributed by atoms with Crippen molar-refractivity contribution in [2.45, 2.75) is 12.8 Å². The summed E-state index contributed by atoms with van der Waals surface area (Å²) in [6, 6.07) is 4.80. The van der Waals surface area contributed by atoms with Gasteiger partial charge >= 0.3 is 5.97 Å². The van der Waals surface area contributed by atoms with Gasteiger partial charge in [-0.15, -0.1) is 0 Å². The minimum absolute atomic E-state index is 0.0498. The zero-order valence-electron chi connectivity index (χ0n) is 8.37. The molecule has 5 heteroatoms. The summed E-state index contributed by atoms with van der Waals surface area (Å²) in [5, 5.41) is 11.6. The number of hydrogen-bond acceptors (Lipinski definition) is 2. The lowest BCUT2D eigenvalue weighted by molar-refractivity contribution is -0.117. The monoisotopic (exact) mass is 283 g/mol. The molecule has 2 rings (SSSR count). The van der Waals surface area contributed by atoms with Crippen molar-refractivity contribution in [2.75, 3.05) is 5.32 Å². The van der Waals surface area contributed by atoms with Crippen LogP contribution in [0.5, 0.6) is 0 Å². The normalized spacial score (nSPS) is 14.6. The standard InChI is InChI=1S/C11H10BrNO3/c12-8-3-1-2-7(11(15)16)9(8)13-10(14)6-4-5-6/h1-3,6H,4-5H2,(H,13,14)(H,15,16). The topological polar surface area (TPSA) is 66.4 Å². The molecule has 0 unspecified atom stereocenters. The van der Waals surface area contributed by atoms with Crippen LogP contribution >= 0.6 is 15.9 Å². The highest BCUT2D eigenvalue weighted by atomic mass is 79.9. The average Bonchev–Trinajstić information content (AvgIpc) is 3.03. The lowest BCUT2D eigenvalue weighted by Gasteiger charge is -2.09. The number of aromatic carboxylic acids is 1. The molecule has 4 nitrogen and oxygen atoms in total. The molecular weight excluding hydrogens is 274 g/mol. The van der Waals surface area contributed by atoms with Gasteiger partial charge < -0.3 is 10.4 Å². The first-order chi connectivity index (χ1) is 7.59. The molecule has 0 atom stereocenters. The number of amides is 1. The molecule has 0 heterocycles. The number of anilines is 1. The number of hydrogen-bond donors (Lipinski definition) is 2. The maximum atomic E-state index is 11.6. The second-order valence-corrected chi connectivity index (χ2v) is 4.59. The van der Waals surface area contributed by atoms with E-state index in [1.807, 2.05) is 0 Å². The Kier molecular flexibility index (Phi) is 2.96. The van der Waals surface area contributed by atoms with Crippen LogP contribution in [0.1, 0.15) is 23.2 Å². The second kappa shape index (κ2) is 4.25. The first-order valence-corrected chi connectivity index (χ1v) is 5.71. The lowest BCUT2D eigenvalue weighted by Crippen LogP contribution is -2.16. The summed E-state index contributed by atoms with van der Waals surface area (Å²) < 4.78 is 0.585. The molecule has 1 aliphatic rings. The van der Waals surface area contributed by atoms with E-state index in [2.05, 4.69) is 21.2 Å². The van der Waals surface area contributed by atoms with Crippen molar-refractivity contribution in [3.63, 3.8) is 0 Å². The summed E-state index contributed by atoms with van der Waals surface area (Å²) in [7, 11) is 0. The van der Waals surface area contributed by atoms with Crippen LogP contribution in [0.15, 0.2) is 22.7 Å². The Labute approximate surface area is 101 Å². The van der Waals surface area contributed by atoms with Crippen molar-refractivity contribution in [3.05, 3.63) is 28.2 Å². The molecule has 1 aromatic carbocycles. The van der Waals surface area contributed by atoms with E-state index in [1.165, 1.54) is 6.07 Å². The number of rotatable bonds is 3. The van der Waals surface area contributed by atoms with Crippen molar-refractivity contribution >= 4 is 33.5 Å². The third-order valence-corrected chi connectivity index (χ3v) is 3.10. The van der Waals surface area contributed by atoms with E-state index >= 15 is 0 Å². The highest BCUT2D eigenvalue weighted by Gasteiger charge is 2.30. The second-order valence-electron chi connectivity index (χ2n) is 3.73. The summed E-state index contributed by atoms with van der Waals surface area (Å²) in [4.78, 5) is 22.5. The number of para-hydroxylation sites is 1. The molecule has 0 bridgehead atoms. The molecule has 1 amide bonds. The summed E-state index contributed by atoms with van der Waals surface area (Å²) >= 11 is 3.24. The van der Waals surface area contributed by atoms with Gasteiger partial charge in [-0.1, -0.05) is 6.07 Å². The Morgan fingerprint density at radius 1 is 1.38 bits per heavy atom. The van der Waals surface area contributed by atoms with E-state index < -0.39 is 5.97 Å². The smallest absolute Gasteiger partial charge is 0.337 e. The van der Waals surface area contributed by atoms with Gasteiger partial charge in [0.15, 0.2) is 0 Å². The van der Waals surface area contributed by atoms with Crippen LogP contribution in [0.4, 0.5) is 5.69 Å². The van der Waals surface area contributed by atoms with Crippen LogP contribution in [0.2, 0.25) is 0 Å². The molecule has 1 aliphatic carbocycles. The van der Waals surface area contributed by atoms with Crippen LogP contribution in [0.3, 0.4) is 0 Å². The van der Waals surface area contributed by atoms with Crippen LogP contribution < -0.4 is 5.32 Å². The molecule has 0 aromatic heterocycles. The van der Waals surface area contributed by atoms with E-state index in [-0.39, 0.29) is 17.4 Å². The van der Waals surface area contributed by atoms with Gasteiger partial charge in [0.1, 0.15) is 0 Å². The van der Waals surface area contributed by atoms with E-state index in [0.29, 0.717) is 10.2 Å². The van der Waals surface area contributed by atoms with Crippen LogP contribution in [0, 0.1) is 5.92 Å². The lowest BCUT2D eigenvalue weighted by atomic mass is 10.1. The molecule has 0 spiro atoms. The van der Waals surface area contributed by atoms with Crippen molar-refractivity contribution in [3.8, 4) is 0 Å². The summed E-state index contributed by atoms with van der Waals surface area (Å²) in [5.41, 5.74) is 0.440. The van der Waals surface area contributed by atoms with Gasteiger partial charge in [-0.25, -0.2) is 4.79 Å². The Morgan fingerprint density at radius 3 is 2.62 bits per heavy atom. The van der Waals surface area contributed by atoms with E-state index in [4.69, 9.17) is 5.11 Å². The zero-order valence-corrected chi connectivity index (χ0v) is 9.95. The van der Waals surface area contributed by atoms with Crippen LogP contribution in [-0.4, -0.2) is 17.0 Å². The van der Waals surface area contributed by atoms with E-state index in [9.17, 15) is 9.59 Å². The number of carbonyl (C=O) groups excluding carboxylic acids is 1. The summed E-state index contributed by atoms with van der Waals surface area (Å²) in [5.74, 6) is -1.10. The van der Waals surface area contributed by atoms with Crippen LogP contribution in [0.25, 0.3) is 0 Å². The fourth-order valence-corrected chi connectivity index (χ4v) is 1.87. The fraction of sp³-hybridized carbons (Fsp3) is 0.273. The van der Waals surface area contributed by atoms with Gasteiger partial charge in [-0.3, -0.25) is 4.79 Å². The molecule has 1 saturated carbocycles. The van der Waals surface area contributed by atoms with Crippen molar-refractivity contribution < 1.29 is 14.7 Å². The van der Waals surface area contributed by atoms with Gasteiger partial charge in [-0.2, -0.15) is 0 Å². The molecule has 84 valence electrons. The van der Waals surface area contributed by atoms with Gasteiger partial charge in [0.2, 0.25) is 5.91 Å². The molecule has 0 radical (unpaired) electrons. The molecule has 1 fully saturated rings. The number of carboxylic acid groups (broad SMARTS) is 1. The maximum Gasteiger partial charge on any atom is 0.337 e. The maximum absolute atomic E-state index is 11.6. The number of benzene rings is 1. The molecule has 0 aliphatic heterocycles. The number of carboxylic acids is 1. The molecule has 2 N–H and O–H groups in total. The summed E-state index contributed by atoms with van der Waals surface area (Å²) in [6.07, 6.45) is 1.78. The van der Waals surface area contributed by atoms with Gasteiger partial charge in [0.05, 0.1) is 11.3 Å². The number of nitrogens with one attached hydrogen (secondary N) is 1. The Hall–Kier alpha value is -1.36. The fourth-order valence-electron chi connectivity index (χ4n) is 1.40. The Bertz CT molecular complexity index is 455. The average molecular weight is 284 g/mol.